The first-order chi connectivity index (χ1) is 7.85. The third-order valence-corrected chi connectivity index (χ3v) is 4.27. The molecule has 17 heavy (non-hydrogen) atoms. The standard InChI is InChI=1S/C15H20O2/c1-10-6-7-12(8-11(10)2)15(13(16)17-5)9-14(15,3)4/h6-8H,9H2,1-5H3. The fourth-order valence-electron chi connectivity index (χ4n) is 2.76. The van der Waals surface area contributed by atoms with Gasteiger partial charge in [-0.05, 0) is 42.4 Å². The van der Waals surface area contributed by atoms with Crippen LogP contribution < -0.4 is 0 Å². The average Bonchev–Trinajstić information content (AvgIpc) is 2.86. The Morgan fingerprint density at radius 2 is 1.82 bits per heavy atom. The van der Waals surface area contributed by atoms with E-state index in [1.165, 1.54) is 18.2 Å². The van der Waals surface area contributed by atoms with E-state index >= 15 is 0 Å². The lowest BCUT2D eigenvalue weighted by molar-refractivity contribution is -0.144. The van der Waals surface area contributed by atoms with E-state index in [1.54, 1.807) is 0 Å². The molecule has 2 rings (SSSR count). The van der Waals surface area contributed by atoms with Crippen molar-refractivity contribution in [2.24, 2.45) is 5.41 Å². The number of methoxy groups -OCH3 is 1. The lowest BCUT2D eigenvalue weighted by atomic mass is 9.86. The second kappa shape index (κ2) is 3.59. The highest BCUT2D eigenvalue weighted by atomic mass is 16.5. The molecule has 0 bridgehead atoms. The second-order valence-electron chi connectivity index (χ2n) is 5.76. The first kappa shape index (κ1) is 12.2. The molecule has 1 aromatic rings. The van der Waals surface area contributed by atoms with E-state index < -0.39 is 5.41 Å². The van der Waals surface area contributed by atoms with E-state index in [4.69, 9.17) is 4.74 Å². The molecule has 0 aromatic heterocycles. The van der Waals surface area contributed by atoms with Crippen molar-refractivity contribution in [1.29, 1.82) is 0 Å². The minimum absolute atomic E-state index is 0.00178. The zero-order chi connectivity index (χ0) is 12.8. The Labute approximate surface area is 103 Å². The summed E-state index contributed by atoms with van der Waals surface area (Å²) in [5.74, 6) is -0.106. The number of ether oxygens (including phenoxy) is 1. The number of carbonyl (C=O) groups excluding carboxylic acids is 1. The molecular formula is C15H20O2. The summed E-state index contributed by atoms with van der Waals surface area (Å²) in [6, 6.07) is 6.28. The highest BCUT2D eigenvalue weighted by Gasteiger charge is 2.68. The van der Waals surface area contributed by atoms with Crippen molar-refractivity contribution in [2.75, 3.05) is 7.11 Å². The monoisotopic (exact) mass is 232 g/mol. The van der Waals surface area contributed by atoms with Gasteiger partial charge in [-0.3, -0.25) is 4.79 Å². The first-order valence-corrected chi connectivity index (χ1v) is 6.01. The Balaban J connectivity index is 2.50. The molecule has 0 radical (unpaired) electrons. The van der Waals surface area contributed by atoms with Gasteiger partial charge in [0.05, 0.1) is 12.5 Å². The molecule has 2 heteroatoms. The molecule has 0 saturated heterocycles. The normalized spacial score (nSPS) is 25.5. The van der Waals surface area contributed by atoms with Crippen molar-refractivity contribution >= 4 is 5.97 Å². The second-order valence-corrected chi connectivity index (χ2v) is 5.76. The van der Waals surface area contributed by atoms with Crippen LogP contribution in [0.15, 0.2) is 18.2 Å². The van der Waals surface area contributed by atoms with Crippen LogP contribution in [0.1, 0.15) is 37.0 Å². The molecule has 92 valence electrons. The summed E-state index contributed by atoms with van der Waals surface area (Å²) in [4.78, 5) is 12.1. The molecule has 0 aliphatic heterocycles. The van der Waals surface area contributed by atoms with Crippen molar-refractivity contribution < 1.29 is 9.53 Å². The summed E-state index contributed by atoms with van der Waals surface area (Å²) in [6.45, 7) is 8.42. The summed E-state index contributed by atoms with van der Waals surface area (Å²) >= 11 is 0. The lowest BCUT2D eigenvalue weighted by Crippen LogP contribution is -2.27. The van der Waals surface area contributed by atoms with Gasteiger partial charge < -0.3 is 4.74 Å². The van der Waals surface area contributed by atoms with Gasteiger partial charge in [0.25, 0.3) is 0 Å². The smallest absolute Gasteiger partial charge is 0.316 e. The van der Waals surface area contributed by atoms with Crippen molar-refractivity contribution in [2.45, 2.75) is 39.5 Å². The Morgan fingerprint density at radius 3 is 2.24 bits per heavy atom. The predicted molar refractivity (Wildman–Crippen MR) is 68.0 cm³/mol. The maximum Gasteiger partial charge on any atom is 0.316 e. The Morgan fingerprint density at radius 1 is 1.24 bits per heavy atom. The maximum atomic E-state index is 12.1. The van der Waals surface area contributed by atoms with Crippen LogP contribution in [0.25, 0.3) is 0 Å². The molecule has 1 aromatic carbocycles. The van der Waals surface area contributed by atoms with Gasteiger partial charge >= 0.3 is 5.97 Å². The quantitative estimate of drug-likeness (QED) is 0.732. The molecule has 1 aliphatic carbocycles. The van der Waals surface area contributed by atoms with Crippen LogP contribution in [0, 0.1) is 19.3 Å². The minimum Gasteiger partial charge on any atom is -0.468 e. The Kier molecular flexibility index (Phi) is 2.57. The summed E-state index contributed by atoms with van der Waals surface area (Å²) in [7, 11) is 1.47. The number of hydrogen-bond acceptors (Lipinski definition) is 2. The largest absolute Gasteiger partial charge is 0.468 e. The highest BCUT2D eigenvalue weighted by molar-refractivity contribution is 5.88. The zero-order valence-corrected chi connectivity index (χ0v) is 11.3. The summed E-state index contributed by atoms with van der Waals surface area (Å²) in [6.07, 6.45) is 0.870. The lowest BCUT2D eigenvalue weighted by Gasteiger charge is -2.19. The van der Waals surface area contributed by atoms with Gasteiger partial charge in [-0.25, -0.2) is 0 Å². The summed E-state index contributed by atoms with van der Waals surface area (Å²) in [5.41, 5.74) is 3.15. The molecule has 1 saturated carbocycles. The SMILES string of the molecule is COC(=O)C1(c2ccc(C)c(C)c2)CC1(C)C. The minimum atomic E-state index is -0.430. The average molecular weight is 232 g/mol. The van der Waals surface area contributed by atoms with Gasteiger partial charge in [0.15, 0.2) is 0 Å². The van der Waals surface area contributed by atoms with E-state index in [9.17, 15) is 4.79 Å². The summed E-state index contributed by atoms with van der Waals surface area (Å²) in [5, 5.41) is 0. The van der Waals surface area contributed by atoms with Crippen molar-refractivity contribution in [3.8, 4) is 0 Å². The van der Waals surface area contributed by atoms with Gasteiger partial charge in [-0.2, -0.15) is 0 Å². The number of rotatable bonds is 2. The molecule has 1 aliphatic rings. The molecule has 0 heterocycles. The van der Waals surface area contributed by atoms with Crippen LogP contribution in [-0.2, 0) is 14.9 Å². The number of esters is 1. The van der Waals surface area contributed by atoms with Gasteiger partial charge in [-0.15, -0.1) is 0 Å². The van der Waals surface area contributed by atoms with Gasteiger partial charge in [-0.1, -0.05) is 32.0 Å². The number of aryl methyl sites for hydroxylation is 2. The molecule has 1 unspecified atom stereocenters. The number of benzene rings is 1. The first-order valence-electron chi connectivity index (χ1n) is 6.01. The number of hydrogen-bond donors (Lipinski definition) is 0. The third kappa shape index (κ3) is 1.58. The molecule has 0 N–H and O–H groups in total. The van der Waals surface area contributed by atoms with E-state index in [0.717, 1.165) is 12.0 Å². The van der Waals surface area contributed by atoms with Crippen LogP contribution in [0.4, 0.5) is 0 Å². The summed E-state index contributed by atoms with van der Waals surface area (Å²) < 4.78 is 5.00. The van der Waals surface area contributed by atoms with Crippen LogP contribution in [0.3, 0.4) is 0 Å². The Bertz CT molecular complexity index is 474. The van der Waals surface area contributed by atoms with E-state index in [1.807, 2.05) is 0 Å². The van der Waals surface area contributed by atoms with Gasteiger partial charge in [0, 0.05) is 0 Å². The van der Waals surface area contributed by atoms with Gasteiger partial charge in [0.2, 0.25) is 0 Å². The fraction of sp³-hybridized carbons (Fsp3) is 0.533. The molecule has 2 nitrogen and oxygen atoms in total. The van der Waals surface area contributed by atoms with E-state index in [-0.39, 0.29) is 11.4 Å². The topological polar surface area (TPSA) is 26.3 Å². The predicted octanol–water partition coefficient (Wildman–Crippen LogP) is 3.14. The molecular weight excluding hydrogens is 212 g/mol. The third-order valence-electron chi connectivity index (χ3n) is 4.27. The highest BCUT2D eigenvalue weighted by Crippen LogP contribution is 2.64. The number of carbonyl (C=O) groups is 1. The zero-order valence-electron chi connectivity index (χ0n) is 11.3. The van der Waals surface area contributed by atoms with E-state index in [0.29, 0.717) is 0 Å². The van der Waals surface area contributed by atoms with Crippen LogP contribution in [-0.4, -0.2) is 13.1 Å². The van der Waals surface area contributed by atoms with Crippen molar-refractivity contribution in [1.82, 2.24) is 0 Å². The van der Waals surface area contributed by atoms with Crippen molar-refractivity contribution in [3.05, 3.63) is 34.9 Å². The molecule has 1 fully saturated rings. The van der Waals surface area contributed by atoms with Crippen LogP contribution in [0.5, 0.6) is 0 Å². The fourth-order valence-corrected chi connectivity index (χ4v) is 2.76. The maximum absolute atomic E-state index is 12.1. The molecule has 1 atom stereocenters. The van der Waals surface area contributed by atoms with Crippen LogP contribution in [0.2, 0.25) is 0 Å². The van der Waals surface area contributed by atoms with Crippen molar-refractivity contribution in [3.63, 3.8) is 0 Å². The molecule has 0 amide bonds. The molecule has 0 spiro atoms. The van der Waals surface area contributed by atoms with Crippen LogP contribution >= 0.6 is 0 Å². The Hall–Kier alpha value is -1.31. The van der Waals surface area contributed by atoms with Gasteiger partial charge in [0.1, 0.15) is 0 Å². The van der Waals surface area contributed by atoms with E-state index in [2.05, 4.69) is 45.9 Å².